The minimum atomic E-state index is -0.855. The van der Waals surface area contributed by atoms with Crippen molar-refractivity contribution >= 4 is 29.3 Å². The van der Waals surface area contributed by atoms with Crippen molar-refractivity contribution in [1.82, 2.24) is 5.32 Å². The van der Waals surface area contributed by atoms with Crippen LogP contribution < -0.4 is 5.32 Å². The Morgan fingerprint density at radius 2 is 2.12 bits per heavy atom. The zero-order valence-electron chi connectivity index (χ0n) is 8.98. The molecule has 1 saturated heterocycles. The van der Waals surface area contributed by atoms with Gasteiger partial charge in [0.1, 0.15) is 6.10 Å². The standard InChI is InChI=1S/C11H11Cl2NO3/c1-5-9(15)10(17-11(16)14-5)7-3-2-6(12)4-8(7)13/h2-5,9-10,15H,1H3,(H,14,16)/t5?,9-,10-/m0/s1. The Bertz CT molecular complexity index is 452. The van der Waals surface area contributed by atoms with E-state index in [1.165, 1.54) is 0 Å². The number of aliphatic hydroxyl groups is 1. The van der Waals surface area contributed by atoms with E-state index in [0.717, 1.165) is 0 Å². The van der Waals surface area contributed by atoms with Crippen LogP contribution >= 0.6 is 23.2 Å². The van der Waals surface area contributed by atoms with Crippen LogP contribution in [0.3, 0.4) is 0 Å². The molecule has 2 N–H and O–H groups in total. The van der Waals surface area contributed by atoms with Gasteiger partial charge >= 0.3 is 6.09 Å². The summed E-state index contributed by atoms with van der Waals surface area (Å²) in [4.78, 5) is 11.3. The first-order chi connectivity index (χ1) is 7.99. The van der Waals surface area contributed by atoms with Crippen molar-refractivity contribution in [1.29, 1.82) is 0 Å². The fraction of sp³-hybridized carbons (Fsp3) is 0.364. The lowest BCUT2D eigenvalue weighted by Crippen LogP contribution is -2.51. The molecular weight excluding hydrogens is 265 g/mol. The first-order valence-corrected chi connectivity index (χ1v) is 5.85. The summed E-state index contributed by atoms with van der Waals surface area (Å²) in [5, 5.41) is 13.3. The maximum absolute atomic E-state index is 11.3. The predicted octanol–water partition coefficient (Wildman–Crippen LogP) is 2.52. The summed E-state index contributed by atoms with van der Waals surface area (Å²) in [6, 6.07) is 4.43. The molecule has 2 rings (SSSR count). The number of nitrogens with one attached hydrogen (secondary N) is 1. The molecule has 4 nitrogen and oxygen atoms in total. The van der Waals surface area contributed by atoms with E-state index in [4.69, 9.17) is 27.9 Å². The minimum Gasteiger partial charge on any atom is -0.438 e. The van der Waals surface area contributed by atoms with Crippen molar-refractivity contribution in [2.75, 3.05) is 0 Å². The summed E-state index contributed by atoms with van der Waals surface area (Å²) in [5.41, 5.74) is 0.547. The molecule has 0 saturated carbocycles. The van der Waals surface area contributed by atoms with E-state index in [0.29, 0.717) is 15.6 Å². The summed E-state index contributed by atoms with van der Waals surface area (Å²) in [5.74, 6) is 0. The number of ether oxygens (including phenoxy) is 1. The average molecular weight is 276 g/mol. The monoisotopic (exact) mass is 275 g/mol. The van der Waals surface area contributed by atoms with Gasteiger partial charge < -0.3 is 15.2 Å². The maximum Gasteiger partial charge on any atom is 0.408 e. The van der Waals surface area contributed by atoms with Gasteiger partial charge in [0.25, 0.3) is 0 Å². The largest absolute Gasteiger partial charge is 0.438 e. The first-order valence-electron chi connectivity index (χ1n) is 5.09. The minimum absolute atomic E-state index is 0.364. The lowest BCUT2D eigenvalue weighted by Gasteiger charge is -2.33. The van der Waals surface area contributed by atoms with E-state index in [1.54, 1.807) is 25.1 Å². The van der Waals surface area contributed by atoms with Crippen molar-refractivity contribution in [2.24, 2.45) is 0 Å². The van der Waals surface area contributed by atoms with Gasteiger partial charge in [-0.05, 0) is 19.1 Å². The van der Waals surface area contributed by atoms with Crippen molar-refractivity contribution in [3.8, 4) is 0 Å². The molecule has 1 aromatic carbocycles. The Morgan fingerprint density at radius 3 is 2.76 bits per heavy atom. The van der Waals surface area contributed by atoms with Crippen LogP contribution in [0.25, 0.3) is 0 Å². The molecule has 3 atom stereocenters. The molecule has 1 aliphatic heterocycles. The van der Waals surface area contributed by atoms with Crippen LogP contribution in [0.4, 0.5) is 4.79 Å². The Labute approximate surface area is 108 Å². The number of cyclic esters (lactones) is 1. The lowest BCUT2D eigenvalue weighted by atomic mass is 9.98. The van der Waals surface area contributed by atoms with Crippen LogP contribution in [0.2, 0.25) is 10.0 Å². The van der Waals surface area contributed by atoms with Gasteiger partial charge in [-0.25, -0.2) is 4.79 Å². The third-order valence-electron chi connectivity index (χ3n) is 2.67. The maximum atomic E-state index is 11.3. The average Bonchev–Trinajstić information content (AvgIpc) is 2.24. The highest BCUT2D eigenvalue weighted by Gasteiger charge is 2.36. The number of hydrogen-bond donors (Lipinski definition) is 2. The number of halogens is 2. The van der Waals surface area contributed by atoms with Gasteiger partial charge in [0.2, 0.25) is 0 Å². The van der Waals surface area contributed by atoms with E-state index in [9.17, 15) is 9.90 Å². The lowest BCUT2D eigenvalue weighted by molar-refractivity contribution is -0.0407. The fourth-order valence-electron chi connectivity index (χ4n) is 1.73. The van der Waals surface area contributed by atoms with E-state index in [1.807, 2.05) is 0 Å². The number of alkyl carbamates (subject to hydrolysis) is 1. The highest BCUT2D eigenvalue weighted by atomic mass is 35.5. The highest BCUT2D eigenvalue weighted by Crippen LogP contribution is 2.33. The van der Waals surface area contributed by atoms with Gasteiger partial charge in [-0.1, -0.05) is 29.3 Å². The van der Waals surface area contributed by atoms with Crippen LogP contribution in [0.15, 0.2) is 18.2 Å². The second-order valence-corrected chi connectivity index (χ2v) is 4.76. The van der Waals surface area contributed by atoms with Crippen LogP contribution in [-0.2, 0) is 4.74 Å². The molecule has 0 bridgehead atoms. The zero-order valence-corrected chi connectivity index (χ0v) is 10.5. The summed E-state index contributed by atoms with van der Waals surface area (Å²) >= 11 is 11.8. The topological polar surface area (TPSA) is 58.6 Å². The third-order valence-corrected chi connectivity index (χ3v) is 3.23. The molecule has 1 aliphatic rings. The Hall–Kier alpha value is -0.970. The van der Waals surface area contributed by atoms with E-state index < -0.39 is 24.3 Å². The number of amides is 1. The van der Waals surface area contributed by atoms with Crippen molar-refractivity contribution in [3.63, 3.8) is 0 Å². The predicted molar refractivity (Wildman–Crippen MR) is 64.3 cm³/mol. The third kappa shape index (κ3) is 2.49. The summed E-state index contributed by atoms with van der Waals surface area (Å²) in [6.07, 6.45) is -2.20. The van der Waals surface area contributed by atoms with E-state index in [-0.39, 0.29) is 0 Å². The fourth-order valence-corrected chi connectivity index (χ4v) is 2.25. The smallest absolute Gasteiger partial charge is 0.408 e. The van der Waals surface area contributed by atoms with Crippen LogP contribution in [-0.4, -0.2) is 23.3 Å². The van der Waals surface area contributed by atoms with Gasteiger partial charge in [-0.15, -0.1) is 0 Å². The van der Waals surface area contributed by atoms with E-state index in [2.05, 4.69) is 5.32 Å². The van der Waals surface area contributed by atoms with Gasteiger partial charge in [0.15, 0.2) is 6.10 Å². The Balaban J connectivity index is 2.34. The number of rotatable bonds is 1. The van der Waals surface area contributed by atoms with Crippen LogP contribution in [0.1, 0.15) is 18.6 Å². The second kappa shape index (κ2) is 4.72. The van der Waals surface area contributed by atoms with Crippen LogP contribution in [0.5, 0.6) is 0 Å². The van der Waals surface area contributed by atoms with Crippen molar-refractivity contribution in [3.05, 3.63) is 33.8 Å². The van der Waals surface area contributed by atoms with Gasteiger partial charge in [0, 0.05) is 15.6 Å². The molecule has 1 heterocycles. The second-order valence-electron chi connectivity index (χ2n) is 3.92. The molecule has 0 spiro atoms. The summed E-state index contributed by atoms with van der Waals surface area (Å²) in [6.45, 7) is 1.70. The molecule has 17 heavy (non-hydrogen) atoms. The van der Waals surface area contributed by atoms with Gasteiger partial charge in [0.05, 0.1) is 6.04 Å². The molecule has 1 unspecified atom stereocenters. The van der Waals surface area contributed by atoms with Crippen LogP contribution in [0, 0.1) is 0 Å². The number of carbonyl (C=O) groups is 1. The van der Waals surface area contributed by atoms with Gasteiger partial charge in [-0.2, -0.15) is 0 Å². The highest BCUT2D eigenvalue weighted by molar-refractivity contribution is 6.35. The molecule has 0 aromatic heterocycles. The van der Waals surface area contributed by atoms with E-state index >= 15 is 0 Å². The Morgan fingerprint density at radius 1 is 1.41 bits per heavy atom. The molecule has 0 radical (unpaired) electrons. The zero-order chi connectivity index (χ0) is 12.6. The van der Waals surface area contributed by atoms with Gasteiger partial charge in [-0.3, -0.25) is 0 Å². The van der Waals surface area contributed by atoms with Crippen molar-refractivity contribution < 1.29 is 14.6 Å². The molecule has 1 aromatic rings. The number of hydrogen-bond acceptors (Lipinski definition) is 3. The number of carbonyl (C=O) groups excluding carboxylic acids is 1. The molecule has 92 valence electrons. The molecule has 1 amide bonds. The molecule has 0 aliphatic carbocycles. The van der Waals surface area contributed by atoms with Crippen molar-refractivity contribution in [2.45, 2.75) is 25.2 Å². The summed E-state index contributed by atoms with van der Waals surface area (Å²) in [7, 11) is 0. The number of aliphatic hydroxyl groups excluding tert-OH is 1. The SMILES string of the molecule is CC1NC(=O)O[C@@H](c2ccc(Cl)cc2Cl)[C@H]1O. The molecular formula is C11H11Cl2NO3. The summed E-state index contributed by atoms with van der Waals surface area (Å²) < 4.78 is 5.05. The Kier molecular flexibility index (Phi) is 3.47. The molecule has 6 heteroatoms. The quantitative estimate of drug-likeness (QED) is 0.828. The normalized spacial score (nSPS) is 28.5. The molecule has 1 fully saturated rings. The first kappa shape index (κ1) is 12.5. The number of benzene rings is 1.